The molecule has 24 heavy (non-hydrogen) atoms. The van der Waals surface area contributed by atoms with E-state index in [1.165, 1.54) is 6.07 Å². The Balaban J connectivity index is 2.03. The van der Waals surface area contributed by atoms with Crippen LogP contribution < -0.4 is 0 Å². The number of halogens is 2. The van der Waals surface area contributed by atoms with E-state index in [4.69, 9.17) is 27.9 Å². The molecule has 2 heterocycles. The molecular formula is C16H24Cl2N4O2. The Kier molecular flexibility index (Phi) is 5.94. The van der Waals surface area contributed by atoms with Crippen LogP contribution in [0.2, 0.25) is 10.3 Å². The number of rotatable bonds is 2. The maximum atomic E-state index is 12.4. The first-order chi connectivity index (χ1) is 11.0. The van der Waals surface area contributed by atoms with Crippen LogP contribution >= 0.6 is 23.2 Å². The van der Waals surface area contributed by atoms with Crippen molar-refractivity contribution in [1.29, 1.82) is 0 Å². The molecule has 0 saturated carbocycles. The lowest BCUT2D eigenvalue weighted by atomic mass is 10.1. The van der Waals surface area contributed by atoms with E-state index in [1.807, 2.05) is 34.6 Å². The van der Waals surface area contributed by atoms with Gasteiger partial charge < -0.3 is 9.64 Å². The number of carbonyl (C=O) groups excluding carboxylic acids is 1. The second-order valence-electron chi connectivity index (χ2n) is 7.21. The van der Waals surface area contributed by atoms with Crippen LogP contribution in [0.25, 0.3) is 0 Å². The van der Waals surface area contributed by atoms with Gasteiger partial charge in [0.2, 0.25) is 0 Å². The number of aromatic nitrogens is 2. The van der Waals surface area contributed by atoms with Gasteiger partial charge in [0.15, 0.2) is 0 Å². The van der Waals surface area contributed by atoms with Crippen molar-refractivity contribution in [3.05, 3.63) is 22.2 Å². The number of carbonyl (C=O) groups is 1. The number of ether oxygens (including phenoxy) is 1. The first-order valence-electron chi connectivity index (χ1n) is 7.98. The lowest BCUT2D eigenvalue weighted by molar-refractivity contribution is -0.0165. The quantitative estimate of drug-likeness (QED) is 0.739. The van der Waals surface area contributed by atoms with E-state index < -0.39 is 5.60 Å². The Morgan fingerprint density at radius 1 is 1.21 bits per heavy atom. The van der Waals surface area contributed by atoms with E-state index in [9.17, 15) is 4.79 Å². The van der Waals surface area contributed by atoms with Crippen LogP contribution in [0.3, 0.4) is 0 Å². The van der Waals surface area contributed by atoms with Crippen molar-refractivity contribution in [2.75, 3.05) is 13.1 Å². The lowest BCUT2D eigenvalue weighted by Crippen LogP contribution is -2.59. The van der Waals surface area contributed by atoms with Crippen LogP contribution in [0, 0.1) is 0 Å². The Morgan fingerprint density at radius 2 is 1.71 bits per heavy atom. The average molecular weight is 375 g/mol. The van der Waals surface area contributed by atoms with E-state index in [2.05, 4.69) is 14.9 Å². The van der Waals surface area contributed by atoms with Gasteiger partial charge in [-0.3, -0.25) is 4.90 Å². The summed E-state index contributed by atoms with van der Waals surface area (Å²) in [4.78, 5) is 24.8. The van der Waals surface area contributed by atoms with Gasteiger partial charge in [-0.15, -0.1) is 0 Å². The molecule has 8 heteroatoms. The fourth-order valence-electron chi connectivity index (χ4n) is 2.94. The molecule has 2 rings (SSSR count). The summed E-state index contributed by atoms with van der Waals surface area (Å²) in [6.45, 7) is 11.6. The van der Waals surface area contributed by atoms with Gasteiger partial charge in [0, 0.05) is 31.2 Å². The van der Waals surface area contributed by atoms with Gasteiger partial charge in [-0.25, -0.2) is 14.8 Å². The molecule has 0 N–H and O–H groups in total. The van der Waals surface area contributed by atoms with E-state index in [-0.39, 0.29) is 18.2 Å². The minimum absolute atomic E-state index is 0.0262. The molecule has 1 aromatic heterocycles. The summed E-state index contributed by atoms with van der Waals surface area (Å²) in [6, 6.07) is 1.56. The zero-order valence-corrected chi connectivity index (χ0v) is 16.2. The highest BCUT2D eigenvalue weighted by Crippen LogP contribution is 2.21. The molecule has 1 aromatic rings. The average Bonchev–Trinajstić information content (AvgIpc) is 2.33. The molecule has 1 aliphatic heterocycles. The van der Waals surface area contributed by atoms with Crippen molar-refractivity contribution >= 4 is 29.3 Å². The van der Waals surface area contributed by atoms with Crippen LogP contribution in [-0.4, -0.2) is 56.6 Å². The molecule has 0 bridgehead atoms. The van der Waals surface area contributed by atoms with Crippen LogP contribution in [0.5, 0.6) is 0 Å². The van der Waals surface area contributed by atoms with Crippen molar-refractivity contribution < 1.29 is 9.53 Å². The third kappa shape index (κ3) is 5.19. The normalized spacial score (nSPS) is 22.5. The van der Waals surface area contributed by atoms with Gasteiger partial charge in [0.1, 0.15) is 21.7 Å². The van der Waals surface area contributed by atoms with Crippen LogP contribution in [0.4, 0.5) is 4.79 Å². The fraction of sp³-hybridized carbons (Fsp3) is 0.688. The molecule has 134 valence electrons. The smallest absolute Gasteiger partial charge is 0.410 e. The molecule has 1 saturated heterocycles. The molecule has 0 aliphatic carbocycles. The highest BCUT2D eigenvalue weighted by Gasteiger charge is 2.35. The third-order valence-corrected chi connectivity index (χ3v) is 4.06. The predicted molar refractivity (Wildman–Crippen MR) is 94.3 cm³/mol. The number of hydrogen-bond donors (Lipinski definition) is 0. The Labute approximate surface area is 153 Å². The summed E-state index contributed by atoms with van der Waals surface area (Å²) in [6.07, 6.45) is -0.274. The molecule has 6 nitrogen and oxygen atoms in total. The van der Waals surface area contributed by atoms with Crippen molar-refractivity contribution in [2.45, 2.75) is 58.8 Å². The molecule has 2 atom stereocenters. The third-order valence-electron chi connectivity index (χ3n) is 3.67. The molecule has 1 fully saturated rings. The second-order valence-corrected chi connectivity index (χ2v) is 7.98. The highest BCUT2D eigenvalue weighted by atomic mass is 35.5. The second kappa shape index (κ2) is 7.42. The van der Waals surface area contributed by atoms with Crippen molar-refractivity contribution in [1.82, 2.24) is 19.8 Å². The number of nitrogens with zero attached hydrogens (tertiary/aromatic N) is 4. The summed E-state index contributed by atoms with van der Waals surface area (Å²) in [5.74, 6) is 0.581. The zero-order valence-electron chi connectivity index (χ0n) is 14.7. The Bertz CT molecular complexity index is 574. The van der Waals surface area contributed by atoms with Crippen molar-refractivity contribution in [3.63, 3.8) is 0 Å². The molecule has 2 unspecified atom stereocenters. The topological polar surface area (TPSA) is 58.6 Å². The van der Waals surface area contributed by atoms with E-state index in [0.717, 1.165) is 0 Å². The summed E-state index contributed by atoms with van der Waals surface area (Å²) in [5, 5.41) is 0.664. The first-order valence-corrected chi connectivity index (χ1v) is 8.73. The maximum Gasteiger partial charge on any atom is 0.410 e. The zero-order chi connectivity index (χ0) is 18.1. The van der Waals surface area contributed by atoms with E-state index in [1.54, 1.807) is 4.90 Å². The van der Waals surface area contributed by atoms with Crippen LogP contribution in [0.1, 0.15) is 40.4 Å². The van der Waals surface area contributed by atoms with Gasteiger partial charge in [0.05, 0.1) is 6.54 Å². The largest absolute Gasteiger partial charge is 0.444 e. The minimum Gasteiger partial charge on any atom is -0.444 e. The van der Waals surface area contributed by atoms with Crippen molar-refractivity contribution in [3.8, 4) is 0 Å². The molecule has 0 aromatic carbocycles. The minimum atomic E-state index is -0.501. The monoisotopic (exact) mass is 374 g/mol. The molecule has 0 radical (unpaired) electrons. The Morgan fingerprint density at radius 3 is 2.17 bits per heavy atom. The van der Waals surface area contributed by atoms with Crippen molar-refractivity contribution in [2.24, 2.45) is 0 Å². The molecule has 1 aliphatic rings. The number of hydrogen-bond acceptors (Lipinski definition) is 5. The summed E-state index contributed by atoms with van der Waals surface area (Å²) in [5.41, 5.74) is -0.501. The van der Waals surface area contributed by atoms with E-state index in [0.29, 0.717) is 35.8 Å². The predicted octanol–water partition coefficient (Wildman–Crippen LogP) is 3.61. The number of piperazine rings is 1. The maximum absolute atomic E-state index is 12.4. The Hall–Kier alpha value is -1.11. The van der Waals surface area contributed by atoms with Gasteiger partial charge in [-0.2, -0.15) is 0 Å². The molecular weight excluding hydrogens is 351 g/mol. The molecule has 1 amide bonds. The lowest BCUT2D eigenvalue weighted by Gasteiger charge is -2.44. The standard InChI is InChI=1S/C16H24Cl2N4O2/c1-10-7-21(9-14-19-12(17)6-13(18)20-14)8-11(2)22(10)15(23)24-16(3,4)5/h6,10-11H,7-9H2,1-5H3. The SMILES string of the molecule is CC1CN(Cc2nc(Cl)cc(Cl)n2)CC(C)N1C(=O)OC(C)(C)C. The summed E-state index contributed by atoms with van der Waals surface area (Å²) >= 11 is 11.9. The van der Waals surface area contributed by atoms with Gasteiger partial charge >= 0.3 is 6.09 Å². The summed E-state index contributed by atoms with van der Waals surface area (Å²) in [7, 11) is 0. The molecule has 0 spiro atoms. The van der Waals surface area contributed by atoms with Crippen LogP contribution in [-0.2, 0) is 11.3 Å². The van der Waals surface area contributed by atoms with Crippen LogP contribution in [0.15, 0.2) is 6.07 Å². The summed E-state index contributed by atoms with van der Waals surface area (Å²) < 4.78 is 5.51. The fourth-order valence-corrected chi connectivity index (χ4v) is 3.40. The first kappa shape index (κ1) is 19.2. The highest BCUT2D eigenvalue weighted by molar-refractivity contribution is 6.33. The van der Waals surface area contributed by atoms with E-state index >= 15 is 0 Å². The van der Waals surface area contributed by atoms with Gasteiger partial charge in [-0.05, 0) is 34.6 Å². The van der Waals surface area contributed by atoms with Gasteiger partial charge in [0.25, 0.3) is 0 Å². The number of amides is 1. The van der Waals surface area contributed by atoms with Gasteiger partial charge in [-0.1, -0.05) is 23.2 Å².